The van der Waals surface area contributed by atoms with Crippen LogP contribution in [0.3, 0.4) is 0 Å². The SMILES string of the molecule is Fc1c(F)c(F)c(C(Cl)Cc2ccncc2Cl)c(F)c1F. The molecule has 0 aliphatic carbocycles. The van der Waals surface area contributed by atoms with Gasteiger partial charge in [0.15, 0.2) is 23.3 Å². The first-order valence-corrected chi connectivity index (χ1v) is 6.39. The number of pyridine rings is 1. The van der Waals surface area contributed by atoms with Crippen LogP contribution in [-0.2, 0) is 6.42 Å². The summed E-state index contributed by atoms with van der Waals surface area (Å²) >= 11 is 11.6. The third-order valence-electron chi connectivity index (χ3n) is 2.81. The van der Waals surface area contributed by atoms with Crippen molar-refractivity contribution in [3.05, 3.63) is 63.7 Å². The molecule has 0 aliphatic rings. The molecule has 2 aromatic rings. The van der Waals surface area contributed by atoms with Gasteiger partial charge in [-0.2, -0.15) is 0 Å². The number of hydrogen-bond acceptors (Lipinski definition) is 1. The Balaban J connectivity index is 2.45. The Kier molecular flexibility index (Phi) is 4.68. The van der Waals surface area contributed by atoms with Gasteiger partial charge < -0.3 is 0 Å². The van der Waals surface area contributed by atoms with Gasteiger partial charge in [0.25, 0.3) is 0 Å². The molecule has 0 saturated carbocycles. The van der Waals surface area contributed by atoms with E-state index in [4.69, 9.17) is 23.2 Å². The third-order valence-corrected chi connectivity index (χ3v) is 3.53. The van der Waals surface area contributed by atoms with Crippen LogP contribution in [0, 0.1) is 29.1 Å². The van der Waals surface area contributed by atoms with Gasteiger partial charge in [-0.05, 0) is 18.1 Å². The maximum Gasteiger partial charge on any atom is 0.200 e. The molecule has 112 valence electrons. The minimum Gasteiger partial charge on any atom is -0.263 e. The fourth-order valence-corrected chi connectivity index (χ4v) is 2.32. The summed E-state index contributed by atoms with van der Waals surface area (Å²) in [6.45, 7) is 0. The zero-order valence-corrected chi connectivity index (χ0v) is 11.6. The lowest BCUT2D eigenvalue weighted by atomic mass is 10.0. The van der Waals surface area contributed by atoms with Gasteiger partial charge in [0.05, 0.1) is 10.4 Å². The van der Waals surface area contributed by atoms with Gasteiger partial charge in [-0.1, -0.05) is 11.6 Å². The van der Waals surface area contributed by atoms with Crippen LogP contribution in [0.1, 0.15) is 16.5 Å². The Bertz CT molecular complexity index is 663. The lowest BCUT2D eigenvalue weighted by molar-refractivity contribution is 0.369. The van der Waals surface area contributed by atoms with Crippen LogP contribution in [-0.4, -0.2) is 4.98 Å². The predicted molar refractivity (Wildman–Crippen MR) is 67.8 cm³/mol. The zero-order chi connectivity index (χ0) is 15.7. The summed E-state index contributed by atoms with van der Waals surface area (Å²) in [6.07, 6.45) is 2.42. The quantitative estimate of drug-likeness (QED) is 0.333. The standard InChI is InChI=1S/C13H6Cl2F5N/c14-6(3-5-1-2-21-4-7(5)15)8-9(16)11(18)13(20)12(19)10(8)17/h1-2,4,6H,3H2. The molecule has 0 bridgehead atoms. The smallest absolute Gasteiger partial charge is 0.200 e. The van der Waals surface area contributed by atoms with Crippen molar-refractivity contribution in [3.63, 3.8) is 0 Å². The van der Waals surface area contributed by atoms with Crippen molar-refractivity contribution in [1.82, 2.24) is 4.98 Å². The van der Waals surface area contributed by atoms with Crippen LogP contribution >= 0.6 is 23.2 Å². The molecular weight excluding hydrogens is 336 g/mol. The second-order valence-electron chi connectivity index (χ2n) is 4.12. The first-order valence-electron chi connectivity index (χ1n) is 5.58. The molecule has 1 heterocycles. The molecule has 0 saturated heterocycles. The predicted octanol–water partition coefficient (Wildman–Crippen LogP) is 4.95. The number of benzene rings is 1. The normalized spacial score (nSPS) is 12.5. The second-order valence-corrected chi connectivity index (χ2v) is 5.06. The van der Waals surface area contributed by atoms with E-state index in [-0.39, 0.29) is 11.4 Å². The van der Waals surface area contributed by atoms with Gasteiger partial charge in [0.2, 0.25) is 5.82 Å². The van der Waals surface area contributed by atoms with Crippen molar-refractivity contribution in [2.75, 3.05) is 0 Å². The molecule has 0 radical (unpaired) electrons. The molecule has 0 aliphatic heterocycles. The van der Waals surface area contributed by atoms with Crippen molar-refractivity contribution in [3.8, 4) is 0 Å². The Labute approximate surface area is 126 Å². The molecule has 2 rings (SSSR count). The third kappa shape index (κ3) is 2.96. The number of halogens is 7. The second kappa shape index (κ2) is 6.15. The van der Waals surface area contributed by atoms with Crippen molar-refractivity contribution in [2.24, 2.45) is 0 Å². The first-order chi connectivity index (χ1) is 9.84. The summed E-state index contributed by atoms with van der Waals surface area (Å²) in [5, 5.41) is -1.30. The van der Waals surface area contributed by atoms with Gasteiger partial charge in [0, 0.05) is 18.0 Å². The highest BCUT2D eigenvalue weighted by atomic mass is 35.5. The van der Waals surface area contributed by atoms with Gasteiger partial charge in [-0.3, -0.25) is 4.98 Å². The van der Waals surface area contributed by atoms with E-state index in [2.05, 4.69) is 4.98 Å². The zero-order valence-electron chi connectivity index (χ0n) is 10.1. The van der Waals surface area contributed by atoms with E-state index < -0.39 is 40.0 Å². The number of aromatic nitrogens is 1. The summed E-state index contributed by atoms with van der Waals surface area (Å²) < 4.78 is 66.4. The summed E-state index contributed by atoms with van der Waals surface area (Å²) in [5.74, 6) is -10.2. The van der Waals surface area contributed by atoms with E-state index in [0.717, 1.165) is 0 Å². The van der Waals surface area contributed by atoms with Gasteiger partial charge in [-0.15, -0.1) is 11.6 Å². The molecule has 1 unspecified atom stereocenters. The van der Waals surface area contributed by atoms with Gasteiger partial charge in [0.1, 0.15) is 0 Å². The van der Waals surface area contributed by atoms with E-state index >= 15 is 0 Å². The molecule has 21 heavy (non-hydrogen) atoms. The first kappa shape index (κ1) is 16.0. The average molecular weight is 342 g/mol. The fourth-order valence-electron chi connectivity index (χ4n) is 1.76. The van der Waals surface area contributed by atoms with Crippen LogP contribution in [0.2, 0.25) is 5.02 Å². The van der Waals surface area contributed by atoms with Crippen LogP contribution in [0.5, 0.6) is 0 Å². The lowest BCUT2D eigenvalue weighted by Crippen LogP contribution is -2.10. The maximum absolute atomic E-state index is 13.6. The van der Waals surface area contributed by atoms with E-state index in [1.54, 1.807) is 0 Å². The lowest BCUT2D eigenvalue weighted by Gasteiger charge is -2.14. The number of nitrogens with zero attached hydrogens (tertiary/aromatic N) is 1. The summed E-state index contributed by atoms with van der Waals surface area (Å²) in [5.41, 5.74) is -0.712. The van der Waals surface area contributed by atoms with Gasteiger partial charge >= 0.3 is 0 Å². The average Bonchev–Trinajstić information content (AvgIpc) is 2.46. The van der Waals surface area contributed by atoms with Gasteiger partial charge in [-0.25, -0.2) is 22.0 Å². The Morgan fingerprint density at radius 1 is 0.952 bits per heavy atom. The molecular formula is C13H6Cl2F5N. The van der Waals surface area contributed by atoms with Crippen molar-refractivity contribution < 1.29 is 22.0 Å². The molecule has 0 amide bonds. The van der Waals surface area contributed by atoms with Crippen LogP contribution < -0.4 is 0 Å². The fraction of sp³-hybridized carbons (Fsp3) is 0.154. The van der Waals surface area contributed by atoms with E-state index in [1.165, 1.54) is 18.5 Å². The van der Waals surface area contributed by atoms with E-state index in [0.29, 0.717) is 5.56 Å². The highest BCUT2D eigenvalue weighted by molar-refractivity contribution is 6.31. The molecule has 0 fully saturated rings. The number of hydrogen-bond donors (Lipinski definition) is 0. The van der Waals surface area contributed by atoms with Crippen molar-refractivity contribution in [1.29, 1.82) is 0 Å². The topological polar surface area (TPSA) is 12.9 Å². The monoisotopic (exact) mass is 341 g/mol. The molecule has 8 heteroatoms. The highest BCUT2D eigenvalue weighted by Crippen LogP contribution is 2.34. The van der Waals surface area contributed by atoms with Crippen molar-refractivity contribution in [2.45, 2.75) is 11.8 Å². The summed E-state index contributed by atoms with van der Waals surface area (Å²) in [7, 11) is 0. The Hall–Kier alpha value is -1.40. The molecule has 0 spiro atoms. The minimum atomic E-state index is -2.22. The molecule has 1 nitrogen and oxygen atoms in total. The highest BCUT2D eigenvalue weighted by Gasteiger charge is 2.29. The Morgan fingerprint density at radius 2 is 1.48 bits per heavy atom. The molecule has 1 aromatic carbocycles. The van der Waals surface area contributed by atoms with E-state index in [1.807, 2.05) is 0 Å². The van der Waals surface area contributed by atoms with Crippen LogP contribution in [0.4, 0.5) is 22.0 Å². The maximum atomic E-state index is 13.6. The number of rotatable bonds is 3. The summed E-state index contributed by atoms with van der Waals surface area (Å²) in [4.78, 5) is 3.71. The molecule has 1 atom stereocenters. The van der Waals surface area contributed by atoms with Crippen LogP contribution in [0.25, 0.3) is 0 Å². The van der Waals surface area contributed by atoms with Crippen molar-refractivity contribution >= 4 is 23.2 Å². The molecule has 1 aromatic heterocycles. The Morgan fingerprint density at radius 3 is 2.00 bits per heavy atom. The van der Waals surface area contributed by atoms with Crippen LogP contribution in [0.15, 0.2) is 18.5 Å². The number of alkyl halides is 1. The largest absolute Gasteiger partial charge is 0.263 e. The summed E-state index contributed by atoms with van der Waals surface area (Å²) in [6, 6.07) is 1.43. The minimum absolute atomic E-state index is 0.173. The molecule has 0 N–H and O–H groups in total. The van der Waals surface area contributed by atoms with E-state index in [9.17, 15) is 22.0 Å².